The fraction of sp³-hybridized carbons (Fsp3) is 0.0526. The number of anilines is 1. The lowest BCUT2D eigenvalue weighted by Crippen LogP contribution is -2.07. The van der Waals surface area contributed by atoms with E-state index < -0.39 is 0 Å². The van der Waals surface area contributed by atoms with Crippen LogP contribution in [0.25, 0.3) is 6.08 Å². The van der Waals surface area contributed by atoms with Crippen molar-refractivity contribution in [3.8, 4) is 0 Å². The molecule has 0 atom stereocenters. The summed E-state index contributed by atoms with van der Waals surface area (Å²) in [4.78, 5) is 17.3. The van der Waals surface area contributed by atoms with Crippen LogP contribution in [0, 0.1) is 0 Å². The van der Waals surface area contributed by atoms with Crippen molar-refractivity contribution in [1.82, 2.24) is 4.98 Å². The highest BCUT2D eigenvalue weighted by Gasteiger charge is 2.09. The summed E-state index contributed by atoms with van der Waals surface area (Å²) in [5.41, 5.74) is 1.57. The summed E-state index contributed by atoms with van der Waals surface area (Å²) in [6, 6.07) is 10.7. The third-order valence-electron chi connectivity index (χ3n) is 3.58. The van der Waals surface area contributed by atoms with Crippen LogP contribution in [0.5, 0.6) is 0 Å². The monoisotopic (exact) mass is 456 g/mol. The Morgan fingerprint density at radius 3 is 2.52 bits per heavy atom. The summed E-state index contributed by atoms with van der Waals surface area (Å²) in [6.45, 7) is 0. The van der Waals surface area contributed by atoms with E-state index in [4.69, 9.17) is 46.4 Å². The van der Waals surface area contributed by atoms with Gasteiger partial charge in [0.2, 0.25) is 5.91 Å². The minimum Gasteiger partial charge on any atom is -0.298 e. The van der Waals surface area contributed by atoms with E-state index in [1.165, 1.54) is 17.4 Å². The molecule has 0 saturated carbocycles. The van der Waals surface area contributed by atoms with E-state index in [1.54, 1.807) is 36.5 Å². The van der Waals surface area contributed by atoms with E-state index in [-0.39, 0.29) is 5.91 Å². The number of aromatic nitrogens is 1. The summed E-state index contributed by atoms with van der Waals surface area (Å²) in [5, 5.41) is 5.09. The van der Waals surface area contributed by atoms with Crippen LogP contribution >= 0.6 is 57.7 Å². The fourth-order valence-electron chi connectivity index (χ4n) is 2.28. The van der Waals surface area contributed by atoms with Gasteiger partial charge in [0.05, 0.1) is 20.1 Å². The number of benzene rings is 2. The second kappa shape index (κ2) is 9.09. The van der Waals surface area contributed by atoms with Crippen molar-refractivity contribution in [1.29, 1.82) is 0 Å². The van der Waals surface area contributed by atoms with Gasteiger partial charge in [-0.05, 0) is 29.3 Å². The molecule has 0 aliphatic heterocycles. The Morgan fingerprint density at radius 2 is 1.74 bits per heavy atom. The Morgan fingerprint density at radius 1 is 1.04 bits per heavy atom. The lowest BCUT2D eigenvalue weighted by molar-refractivity contribution is -0.111. The maximum Gasteiger partial charge on any atom is 0.250 e. The molecule has 1 heterocycles. The van der Waals surface area contributed by atoms with Crippen molar-refractivity contribution in [2.75, 3.05) is 5.32 Å². The van der Waals surface area contributed by atoms with Gasteiger partial charge in [0.15, 0.2) is 5.13 Å². The largest absolute Gasteiger partial charge is 0.298 e. The number of carbonyl (C=O) groups is 1. The minimum atomic E-state index is -0.312. The molecule has 0 spiro atoms. The first kappa shape index (κ1) is 20.2. The van der Waals surface area contributed by atoms with Gasteiger partial charge in [0, 0.05) is 23.6 Å². The normalized spacial score (nSPS) is 11.1. The predicted molar refractivity (Wildman–Crippen MR) is 116 cm³/mol. The highest BCUT2D eigenvalue weighted by atomic mass is 35.5. The summed E-state index contributed by atoms with van der Waals surface area (Å²) in [6.07, 6.45) is 5.27. The highest BCUT2D eigenvalue weighted by molar-refractivity contribution is 7.15. The molecule has 0 aliphatic carbocycles. The third kappa shape index (κ3) is 5.24. The van der Waals surface area contributed by atoms with Crippen LogP contribution in [0.15, 0.2) is 48.7 Å². The molecule has 0 bridgehead atoms. The molecule has 1 N–H and O–H groups in total. The quantitative estimate of drug-likeness (QED) is 0.419. The van der Waals surface area contributed by atoms with Crippen LogP contribution in [0.3, 0.4) is 0 Å². The summed E-state index contributed by atoms with van der Waals surface area (Å²) in [5.74, 6) is -0.312. The average Bonchev–Trinajstić information content (AvgIpc) is 3.07. The molecular formula is C19H12Cl4N2OS. The van der Waals surface area contributed by atoms with E-state index in [1.807, 2.05) is 12.1 Å². The van der Waals surface area contributed by atoms with Crippen LogP contribution in [0.4, 0.5) is 5.13 Å². The first-order valence-corrected chi connectivity index (χ1v) is 10.1. The van der Waals surface area contributed by atoms with E-state index in [2.05, 4.69) is 10.3 Å². The van der Waals surface area contributed by atoms with E-state index in [0.717, 1.165) is 10.4 Å². The van der Waals surface area contributed by atoms with Crippen molar-refractivity contribution in [2.45, 2.75) is 6.42 Å². The van der Waals surface area contributed by atoms with Gasteiger partial charge in [-0.1, -0.05) is 70.7 Å². The van der Waals surface area contributed by atoms with Gasteiger partial charge >= 0.3 is 0 Å². The number of nitrogens with one attached hydrogen (secondary N) is 1. The molecule has 3 nitrogen and oxygen atoms in total. The molecule has 8 heteroatoms. The second-order valence-electron chi connectivity index (χ2n) is 5.49. The van der Waals surface area contributed by atoms with Crippen LogP contribution in [-0.2, 0) is 11.2 Å². The van der Waals surface area contributed by atoms with Gasteiger partial charge in [-0.2, -0.15) is 0 Å². The highest BCUT2D eigenvalue weighted by Crippen LogP contribution is 2.30. The number of hydrogen-bond donors (Lipinski definition) is 1. The van der Waals surface area contributed by atoms with Crippen molar-refractivity contribution in [3.05, 3.63) is 84.8 Å². The maximum absolute atomic E-state index is 12.1. The smallest absolute Gasteiger partial charge is 0.250 e. The lowest BCUT2D eigenvalue weighted by atomic mass is 10.1. The zero-order chi connectivity index (χ0) is 19.4. The van der Waals surface area contributed by atoms with Gasteiger partial charge in [-0.15, -0.1) is 11.3 Å². The van der Waals surface area contributed by atoms with E-state index in [9.17, 15) is 4.79 Å². The maximum atomic E-state index is 12.1. The Hall–Kier alpha value is -1.56. The summed E-state index contributed by atoms with van der Waals surface area (Å²) < 4.78 is 0. The van der Waals surface area contributed by atoms with E-state index in [0.29, 0.717) is 37.2 Å². The topological polar surface area (TPSA) is 42.0 Å². The van der Waals surface area contributed by atoms with Crippen LogP contribution in [0.2, 0.25) is 20.1 Å². The van der Waals surface area contributed by atoms with Gasteiger partial charge in [-0.25, -0.2) is 4.98 Å². The van der Waals surface area contributed by atoms with Crippen LogP contribution in [-0.4, -0.2) is 10.9 Å². The predicted octanol–water partition coefficient (Wildman–Crippen LogP) is 7.00. The Bertz CT molecular complexity index is 1020. The van der Waals surface area contributed by atoms with Crippen molar-refractivity contribution < 1.29 is 4.79 Å². The lowest BCUT2D eigenvalue weighted by Gasteiger charge is -2.03. The summed E-state index contributed by atoms with van der Waals surface area (Å²) >= 11 is 25.7. The van der Waals surface area contributed by atoms with Gasteiger partial charge in [-0.3, -0.25) is 10.1 Å². The Balaban J connectivity index is 1.65. The minimum absolute atomic E-state index is 0.312. The average molecular weight is 458 g/mol. The SMILES string of the molecule is O=C(C=Cc1cccc(Cl)c1Cl)Nc1ncc(Cc2cccc(Cl)c2Cl)s1. The molecular weight excluding hydrogens is 446 g/mol. The molecule has 0 unspecified atom stereocenters. The Kier molecular flexibility index (Phi) is 6.79. The third-order valence-corrected chi connectivity index (χ3v) is 6.18. The first-order chi connectivity index (χ1) is 12.9. The van der Waals surface area contributed by atoms with Crippen molar-refractivity contribution in [3.63, 3.8) is 0 Å². The van der Waals surface area contributed by atoms with Gasteiger partial charge in [0.1, 0.15) is 0 Å². The van der Waals surface area contributed by atoms with Crippen molar-refractivity contribution >= 4 is 74.9 Å². The molecule has 27 heavy (non-hydrogen) atoms. The van der Waals surface area contributed by atoms with Gasteiger partial charge in [0.25, 0.3) is 0 Å². The molecule has 0 saturated heterocycles. The molecule has 138 valence electrons. The number of hydrogen-bond acceptors (Lipinski definition) is 3. The van der Waals surface area contributed by atoms with Crippen LogP contribution in [0.1, 0.15) is 16.0 Å². The van der Waals surface area contributed by atoms with E-state index >= 15 is 0 Å². The molecule has 3 rings (SSSR count). The van der Waals surface area contributed by atoms with Crippen LogP contribution < -0.4 is 5.32 Å². The number of amides is 1. The standard InChI is InChI=1S/C19H12Cl4N2OS/c20-14-5-1-3-11(17(14)22)7-8-16(26)25-19-24-10-13(27-19)9-12-4-2-6-15(21)18(12)23/h1-8,10H,9H2,(H,24,25,26). The molecule has 0 radical (unpaired) electrons. The zero-order valence-corrected chi connectivity index (χ0v) is 17.5. The van der Waals surface area contributed by atoms with Gasteiger partial charge < -0.3 is 0 Å². The number of rotatable bonds is 5. The van der Waals surface area contributed by atoms with Crippen molar-refractivity contribution in [2.24, 2.45) is 0 Å². The molecule has 1 amide bonds. The second-order valence-corrected chi connectivity index (χ2v) is 8.17. The fourth-order valence-corrected chi connectivity index (χ4v) is 3.88. The first-order valence-electron chi connectivity index (χ1n) is 7.74. The zero-order valence-electron chi connectivity index (χ0n) is 13.7. The summed E-state index contributed by atoms with van der Waals surface area (Å²) in [7, 11) is 0. The number of thiazole rings is 1. The number of halogens is 4. The number of nitrogens with zero attached hydrogens (tertiary/aromatic N) is 1. The number of carbonyl (C=O) groups excluding carboxylic acids is 1. The molecule has 3 aromatic rings. The molecule has 2 aromatic carbocycles. The molecule has 1 aromatic heterocycles. The molecule has 0 fully saturated rings. The molecule has 0 aliphatic rings. The Labute approximate surface area is 180 Å².